The van der Waals surface area contributed by atoms with E-state index in [1.807, 2.05) is 20.2 Å². The Balaban J connectivity index is 2.34. The van der Waals surface area contributed by atoms with Gasteiger partial charge in [-0.05, 0) is 30.7 Å². The number of hydrogen-bond acceptors (Lipinski definition) is 5. The molecule has 1 amide bonds. The van der Waals surface area contributed by atoms with E-state index in [4.69, 9.17) is 22.7 Å². The summed E-state index contributed by atoms with van der Waals surface area (Å²) in [6.45, 7) is 1.65. The molecule has 0 fully saturated rings. The molecule has 0 bridgehead atoms. The lowest BCUT2D eigenvalue weighted by Crippen LogP contribution is -2.10. The Morgan fingerprint density at radius 3 is 2.68 bits per heavy atom. The first kappa shape index (κ1) is 18.5. The van der Waals surface area contributed by atoms with Gasteiger partial charge in [-0.1, -0.05) is 17.7 Å². The fourth-order valence-corrected chi connectivity index (χ4v) is 2.29. The van der Waals surface area contributed by atoms with Crippen molar-refractivity contribution in [3.63, 3.8) is 0 Å². The number of nitrogens with zero attached hydrogens (tertiary/aromatic N) is 2. The normalized spacial score (nSPS) is 10.7. The molecule has 0 spiro atoms. The molecule has 0 aliphatic carbocycles. The molecule has 1 heterocycles. The molecular formula is C18H20ClN5O. The summed E-state index contributed by atoms with van der Waals surface area (Å²) < 4.78 is 0. The second-order valence-electron chi connectivity index (χ2n) is 5.75. The highest BCUT2D eigenvalue weighted by molar-refractivity contribution is 6.34. The Bertz CT molecular complexity index is 845. The number of nitrogen functional groups attached to an aromatic ring is 1. The van der Waals surface area contributed by atoms with E-state index < -0.39 is 0 Å². The Hall–Kier alpha value is -2.86. The van der Waals surface area contributed by atoms with Crippen LogP contribution in [0.5, 0.6) is 0 Å². The Morgan fingerprint density at radius 2 is 2.04 bits per heavy atom. The molecule has 0 saturated heterocycles. The molecule has 6 nitrogen and oxygen atoms in total. The average Bonchev–Trinajstić information content (AvgIpc) is 2.55. The molecule has 130 valence electrons. The monoisotopic (exact) mass is 357 g/mol. The number of halogens is 1. The van der Waals surface area contributed by atoms with E-state index in [0.717, 1.165) is 11.1 Å². The summed E-state index contributed by atoms with van der Waals surface area (Å²) in [6.07, 6.45) is 4.70. The maximum Gasteiger partial charge on any atom is 0.249 e. The van der Waals surface area contributed by atoms with E-state index in [0.29, 0.717) is 27.8 Å². The number of carbonyl (C=O) groups excluding carboxylic acids is 1. The summed E-state index contributed by atoms with van der Waals surface area (Å²) in [5.74, 6) is 0.0340. The number of nitrogens with one attached hydrogen (secondary N) is 2. The smallest absolute Gasteiger partial charge is 0.249 e. The number of hydrogen-bond donors (Lipinski definition) is 3. The topological polar surface area (TPSA) is 95.1 Å². The second-order valence-corrected chi connectivity index (χ2v) is 6.15. The molecule has 0 atom stereocenters. The Kier molecular flexibility index (Phi) is 5.77. The maximum absolute atomic E-state index is 12.0. The van der Waals surface area contributed by atoms with Gasteiger partial charge in [0.1, 0.15) is 5.82 Å². The first-order chi connectivity index (χ1) is 11.8. The first-order valence-corrected chi connectivity index (χ1v) is 7.92. The van der Waals surface area contributed by atoms with Gasteiger partial charge < -0.3 is 21.4 Å². The van der Waals surface area contributed by atoms with Crippen molar-refractivity contribution in [1.82, 2.24) is 9.88 Å². The van der Waals surface area contributed by atoms with Crippen LogP contribution in [0.1, 0.15) is 12.5 Å². The van der Waals surface area contributed by atoms with Crippen molar-refractivity contribution in [3.8, 4) is 11.1 Å². The number of benzene rings is 1. The van der Waals surface area contributed by atoms with Crippen LogP contribution >= 0.6 is 11.6 Å². The average molecular weight is 358 g/mol. The SMILES string of the molecule is CC(=N)c1cc(-c2ccc(Cl)c(NC(=O)/C=C/N(C)C)c2)cnc1N. The third-order valence-corrected chi connectivity index (χ3v) is 3.73. The zero-order valence-corrected chi connectivity index (χ0v) is 15.1. The predicted octanol–water partition coefficient (Wildman–Crippen LogP) is 3.39. The van der Waals surface area contributed by atoms with Crippen LogP contribution in [-0.4, -0.2) is 35.6 Å². The lowest BCUT2D eigenvalue weighted by Gasteiger charge is -2.11. The number of aromatic nitrogens is 1. The van der Waals surface area contributed by atoms with Crippen molar-refractivity contribution >= 4 is 34.7 Å². The third kappa shape index (κ3) is 4.81. The minimum Gasteiger partial charge on any atom is -0.383 e. The standard InChI is InChI=1S/C18H20ClN5O/c1-11(20)14-8-13(10-22-18(14)21)12-4-5-15(19)16(9-12)23-17(25)6-7-24(2)3/h4-10,20H,1-3H3,(H2,21,22)(H,23,25)/b7-6+,20-11?. The van der Waals surface area contributed by atoms with Gasteiger partial charge in [0, 0.05) is 49.4 Å². The quantitative estimate of drug-likeness (QED) is 0.564. The minimum atomic E-state index is -0.279. The number of amides is 1. The molecular weight excluding hydrogens is 338 g/mol. The van der Waals surface area contributed by atoms with Crippen LogP contribution in [-0.2, 0) is 4.79 Å². The number of rotatable bonds is 5. The molecule has 7 heteroatoms. The summed E-state index contributed by atoms with van der Waals surface area (Å²) in [5.41, 5.74) is 8.81. The van der Waals surface area contributed by atoms with Gasteiger partial charge in [0.05, 0.1) is 10.7 Å². The summed E-state index contributed by atoms with van der Waals surface area (Å²) in [4.78, 5) is 17.9. The molecule has 1 aromatic heterocycles. The van der Waals surface area contributed by atoms with Crippen LogP contribution in [0.2, 0.25) is 5.02 Å². The van der Waals surface area contributed by atoms with E-state index in [1.165, 1.54) is 6.08 Å². The minimum absolute atomic E-state index is 0.279. The summed E-state index contributed by atoms with van der Waals surface area (Å²) in [5, 5.41) is 11.0. The summed E-state index contributed by atoms with van der Waals surface area (Å²) in [6, 6.07) is 7.09. The molecule has 0 aliphatic rings. The van der Waals surface area contributed by atoms with E-state index in [1.54, 1.807) is 42.4 Å². The van der Waals surface area contributed by atoms with Crippen LogP contribution in [0, 0.1) is 5.41 Å². The van der Waals surface area contributed by atoms with Crippen LogP contribution in [0.15, 0.2) is 42.7 Å². The lowest BCUT2D eigenvalue weighted by atomic mass is 10.0. The van der Waals surface area contributed by atoms with Crippen LogP contribution in [0.25, 0.3) is 11.1 Å². The van der Waals surface area contributed by atoms with Crippen molar-refractivity contribution in [2.24, 2.45) is 0 Å². The highest BCUT2D eigenvalue weighted by Crippen LogP contribution is 2.30. The highest BCUT2D eigenvalue weighted by atomic mass is 35.5. The fourth-order valence-electron chi connectivity index (χ4n) is 2.13. The number of carbonyl (C=O) groups is 1. The Labute approximate surface area is 151 Å². The van der Waals surface area contributed by atoms with Gasteiger partial charge in [0.2, 0.25) is 5.91 Å². The van der Waals surface area contributed by atoms with Gasteiger partial charge in [0.15, 0.2) is 0 Å². The fraction of sp³-hybridized carbons (Fsp3) is 0.167. The van der Waals surface area contributed by atoms with Crippen molar-refractivity contribution in [2.45, 2.75) is 6.92 Å². The molecule has 1 aromatic carbocycles. The highest BCUT2D eigenvalue weighted by Gasteiger charge is 2.10. The van der Waals surface area contributed by atoms with Gasteiger partial charge in [-0.15, -0.1) is 0 Å². The Morgan fingerprint density at radius 1 is 1.32 bits per heavy atom. The maximum atomic E-state index is 12.0. The molecule has 0 unspecified atom stereocenters. The van der Waals surface area contributed by atoms with Crippen molar-refractivity contribution in [2.75, 3.05) is 25.1 Å². The number of anilines is 2. The summed E-state index contributed by atoms with van der Waals surface area (Å²) >= 11 is 6.18. The lowest BCUT2D eigenvalue weighted by molar-refractivity contribution is -0.112. The zero-order chi connectivity index (χ0) is 18.6. The molecule has 25 heavy (non-hydrogen) atoms. The third-order valence-electron chi connectivity index (χ3n) is 3.40. The number of nitrogens with two attached hydrogens (primary N) is 1. The zero-order valence-electron chi connectivity index (χ0n) is 14.3. The van der Waals surface area contributed by atoms with Gasteiger partial charge in [-0.3, -0.25) is 4.79 Å². The predicted molar refractivity (Wildman–Crippen MR) is 103 cm³/mol. The molecule has 0 radical (unpaired) electrons. The molecule has 4 N–H and O–H groups in total. The van der Waals surface area contributed by atoms with E-state index in [-0.39, 0.29) is 5.91 Å². The second kappa shape index (κ2) is 7.81. The van der Waals surface area contributed by atoms with E-state index in [9.17, 15) is 4.79 Å². The number of pyridine rings is 1. The van der Waals surface area contributed by atoms with Crippen molar-refractivity contribution in [3.05, 3.63) is 53.3 Å². The van der Waals surface area contributed by atoms with Gasteiger partial charge in [-0.25, -0.2) is 4.98 Å². The summed E-state index contributed by atoms with van der Waals surface area (Å²) in [7, 11) is 3.66. The van der Waals surface area contributed by atoms with Crippen molar-refractivity contribution < 1.29 is 4.79 Å². The van der Waals surface area contributed by atoms with Crippen LogP contribution in [0.4, 0.5) is 11.5 Å². The van der Waals surface area contributed by atoms with Crippen LogP contribution < -0.4 is 11.1 Å². The van der Waals surface area contributed by atoms with Crippen molar-refractivity contribution in [1.29, 1.82) is 5.41 Å². The molecule has 0 saturated carbocycles. The van der Waals surface area contributed by atoms with Crippen LogP contribution in [0.3, 0.4) is 0 Å². The first-order valence-electron chi connectivity index (χ1n) is 7.54. The van der Waals surface area contributed by atoms with Gasteiger partial charge in [0.25, 0.3) is 0 Å². The van der Waals surface area contributed by atoms with E-state index >= 15 is 0 Å². The molecule has 0 aliphatic heterocycles. The molecule has 2 aromatic rings. The van der Waals surface area contributed by atoms with Gasteiger partial charge >= 0.3 is 0 Å². The van der Waals surface area contributed by atoms with E-state index in [2.05, 4.69) is 10.3 Å². The molecule has 2 rings (SSSR count). The largest absolute Gasteiger partial charge is 0.383 e. The van der Waals surface area contributed by atoms with Gasteiger partial charge in [-0.2, -0.15) is 0 Å².